The lowest BCUT2D eigenvalue weighted by Crippen LogP contribution is -2.11. The second-order valence-electron chi connectivity index (χ2n) is 14.5. The summed E-state index contributed by atoms with van der Waals surface area (Å²) in [6, 6.07) is 60.4. The first-order chi connectivity index (χ1) is 26.7. The van der Waals surface area contributed by atoms with Gasteiger partial charge in [-0.2, -0.15) is 0 Å². The second kappa shape index (κ2) is 13.4. The molecule has 10 rings (SSSR count). The predicted molar refractivity (Wildman–Crippen MR) is 236 cm³/mol. The van der Waals surface area contributed by atoms with Crippen molar-refractivity contribution in [3.05, 3.63) is 192 Å². The van der Waals surface area contributed by atoms with Crippen LogP contribution in [0.1, 0.15) is 49.8 Å². The van der Waals surface area contributed by atoms with Crippen molar-refractivity contribution in [1.82, 2.24) is 0 Å². The molecule has 8 aromatic carbocycles. The normalized spacial score (nSPS) is 15.3. The summed E-state index contributed by atoms with van der Waals surface area (Å²) in [7, 11) is 0. The third kappa shape index (κ3) is 5.40. The van der Waals surface area contributed by atoms with Crippen LogP contribution in [0.3, 0.4) is 0 Å². The van der Waals surface area contributed by atoms with Gasteiger partial charge in [-0.15, -0.1) is 11.3 Å². The highest BCUT2D eigenvalue weighted by Crippen LogP contribution is 2.44. The predicted octanol–water partition coefficient (Wildman–Crippen LogP) is 15.1. The molecule has 1 nitrogen and oxygen atoms in total. The standard InChI is InChI=1S/C52H39NS/c1-3-38-39(34-15-6-4-7-16-34)28-25-33(2)51(53-52(38)35-17-8-5-9-18-35)37-27-29-43-41-19-10-11-20-42(41)46-23-14-22-40(50(46)47(43)31-37)36-26-30-45-44-21-12-13-24-48(44)54-49(45)32-36/h4-24,26-27,29-32H,3,25,28H2,1-2H3/b39-38?,51-33+,53-52?. The number of nitrogens with zero attached hydrogens (tertiary/aromatic N) is 1. The highest BCUT2D eigenvalue weighted by Gasteiger charge is 2.22. The van der Waals surface area contributed by atoms with Gasteiger partial charge in [0, 0.05) is 31.3 Å². The lowest BCUT2D eigenvalue weighted by Gasteiger charge is -2.22. The molecule has 0 atom stereocenters. The summed E-state index contributed by atoms with van der Waals surface area (Å²) < 4.78 is 2.66. The molecule has 54 heavy (non-hydrogen) atoms. The molecule has 0 bridgehead atoms. The first-order valence-electron chi connectivity index (χ1n) is 19.1. The first kappa shape index (κ1) is 32.6. The average Bonchev–Trinajstić information content (AvgIpc) is 3.61. The Hall–Kier alpha value is -6.09. The van der Waals surface area contributed by atoms with Crippen molar-refractivity contribution < 1.29 is 0 Å². The molecule has 0 N–H and O–H groups in total. The maximum Gasteiger partial charge on any atom is 0.0744 e. The van der Waals surface area contributed by atoms with Crippen LogP contribution in [-0.4, -0.2) is 5.71 Å². The van der Waals surface area contributed by atoms with E-state index in [-0.39, 0.29) is 0 Å². The van der Waals surface area contributed by atoms with E-state index in [0.717, 1.165) is 36.2 Å². The number of thiophene rings is 1. The van der Waals surface area contributed by atoms with Crippen molar-refractivity contribution in [2.75, 3.05) is 0 Å². The minimum Gasteiger partial charge on any atom is -0.248 e. The Balaban J connectivity index is 1.23. The molecule has 0 spiro atoms. The molecule has 0 amide bonds. The van der Waals surface area contributed by atoms with E-state index in [1.54, 1.807) is 0 Å². The summed E-state index contributed by atoms with van der Waals surface area (Å²) in [5.41, 5.74) is 12.3. The van der Waals surface area contributed by atoms with Crippen LogP contribution < -0.4 is 0 Å². The number of rotatable bonds is 5. The third-order valence-electron chi connectivity index (χ3n) is 11.4. The Kier molecular flexibility index (Phi) is 8.08. The molecule has 0 saturated heterocycles. The monoisotopic (exact) mass is 709 g/mol. The van der Waals surface area contributed by atoms with Crippen LogP contribution in [0.5, 0.6) is 0 Å². The quantitative estimate of drug-likeness (QED) is 0.158. The van der Waals surface area contributed by atoms with Gasteiger partial charge in [0.25, 0.3) is 0 Å². The fourth-order valence-electron chi connectivity index (χ4n) is 8.77. The van der Waals surface area contributed by atoms with Crippen LogP contribution in [0.25, 0.3) is 74.9 Å². The first-order valence-corrected chi connectivity index (χ1v) is 19.9. The van der Waals surface area contributed by atoms with Crippen molar-refractivity contribution in [1.29, 1.82) is 0 Å². The molecule has 9 aromatic rings. The minimum atomic E-state index is 0.909. The molecule has 0 radical (unpaired) electrons. The lowest BCUT2D eigenvalue weighted by atomic mass is 9.85. The summed E-state index contributed by atoms with van der Waals surface area (Å²) >= 11 is 1.88. The van der Waals surface area contributed by atoms with Crippen molar-refractivity contribution >= 4 is 80.8 Å². The molecule has 1 aliphatic heterocycles. The van der Waals surface area contributed by atoms with Crippen LogP contribution in [0, 0.1) is 0 Å². The smallest absolute Gasteiger partial charge is 0.0744 e. The van der Waals surface area contributed by atoms with Crippen molar-refractivity contribution in [2.45, 2.75) is 33.1 Å². The lowest BCUT2D eigenvalue weighted by molar-refractivity contribution is 0.972. The fourth-order valence-corrected chi connectivity index (χ4v) is 9.92. The van der Waals surface area contributed by atoms with E-state index in [1.807, 2.05) is 11.3 Å². The Morgan fingerprint density at radius 2 is 1.09 bits per heavy atom. The molecule has 0 aliphatic carbocycles. The van der Waals surface area contributed by atoms with E-state index in [9.17, 15) is 0 Å². The maximum atomic E-state index is 5.71. The SMILES string of the molecule is CCC1=C(c2ccccc2)CC/C(C)=C(\c2ccc3c4ccccc4c4cccc(-c5ccc6c(c5)sc5ccccc56)c4c3c2)N=C1c1ccccc1. The van der Waals surface area contributed by atoms with Gasteiger partial charge in [0.15, 0.2) is 0 Å². The molecular weight excluding hydrogens is 671 g/mol. The van der Waals surface area contributed by atoms with Gasteiger partial charge in [-0.25, -0.2) is 4.99 Å². The van der Waals surface area contributed by atoms with Crippen LogP contribution >= 0.6 is 11.3 Å². The fraction of sp³-hybridized carbons (Fsp3) is 0.0962. The highest BCUT2D eigenvalue weighted by molar-refractivity contribution is 7.25. The number of hydrogen-bond donors (Lipinski definition) is 0. The molecule has 1 aliphatic rings. The Bertz CT molecular complexity index is 3010. The Morgan fingerprint density at radius 3 is 1.87 bits per heavy atom. The molecule has 0 unspecified atom stereocenters. The molecule has 258 valence electrons. The van der Waals surface area contributed by atoms with E-state index in [2.05, 4.69) is 178 Å². The number of benzene rings is 8. The molecule has 0 fully saturated rings. The largest absolute Gasteiger partial charge is 0.248 e. The van der Waals surface area contributed by atoms with Gasteiger partial charge in [-0.05, 0) is 110 Å². The highest BCUT2D eigenvalue weighted by atomic mass is 32.1. The van der Waals surface area contributed by atoms with E-state index in [4.69, 9.17) is 4.99 Å². The van der Waals surface area contributed by atoms with Crippen molar-refractivity contribution in [3.63, 3.8) is 0 Å². The Morgan fingerprint density at radius 1 is 0.481 bits per heavy atom. The minimum absolute atomic E-state index is 0.909. The van der Waals surface area contributed by atoms with Gasteiger partial charge in [0.2, 0.25) is 0 Å². The summed E-state index contributed by atoms with van der Waals surface area (Å²) in [6.45, 7) is 4.56. The zero-order valence-electron chi connectivity index (χ0n) is 30.6. The van der Waals surface area contributed by atoms with Crippen LogP contribution in [0.2, 0.25) is 0 Å². The van der Waals surface area contributed by atoms with Gasteiger partial charge < -0.3 is 0 Å². The van der Waals surface area contributed by atoms with E-state index < -0.39 is 0 Å². The summed E-state index contributed by atoms with van der Waals surface area (Å²) in [6.07, 6.45) is 2.83. The van der Waals surface area contributed by atoms with Crippen molar-refractivity contribution in [3.8, 4) is 11.1 Å². The number of fused-ring (bicyclic) bond motifs is 9. The maximum absolute atomic E-state index is 5.71. The second-order valence-corrected chi connectivity index (χ2v) is 15.6. The molecule has 2 heterocycles. The summed E-state index contributed by atoms with van der Waals surface area (Å²) in [4.78, 5) is 5.71. The topological polar surface area (TPSA) is 12.4 Å². The van der Waals surface area contributed by atoms with Gasteiger partial charge in [-0.3, -0.25) is 0 Å². The summed E-state index contributed by atoms with van der Waals surface area (Å²) in [5, 5.41) is 10.3. The van der Waals surface area contributed by atoms with Gasteiger partial charge >= 0.3 is 0 Å². The third-order valence-corrected chi connectivity index (χ3v) is 12.5. The number of hydrogen-bond acceptors (Lipinski definition) is 2. The average molecular weight is 710 g/mol. The molecule has 0 saturated carbocycles. The van der Waals surface area contributed by atoms with E-state index in [0.29, 0.717) is 0 Å². The van der Waals surface area contributed by atoms with Crippen LogP contribution in [0.15, 0.2) is 180 Å². The van der Waals surface area contributed by atoms with Crippen molar-refractivity contribution in [2.24, 2.45) is 4.99 Å². The van der Waals surface area contributed by atoms with Gasteiger partial charge in [0.1, 0.15) is 0 Å². The zero-order valence-corrected chi connectivity index (χ0v) is 31.4. The summed E-state index contributed by atoms with van der Waals surface area (Å²) in [5.74, 6) is 0. The van der Waals surface area contributed by atoms with Gasteiger partial charge in [-0.1, -0.05) is 153 Å². The Labute approximate surface area is 320 Å². The van der Waals surface area contributed by atoms with Crippen LogP contribution in [0.4, 0.5) is 0 Å². The molecule has 1 aromatic heterocycles. The zero-order chi connectivity index (χ0) is 36.2. The van der Waals surface area contributed by atoms with Crippen LogP contribution in [-0.2, 0) is 0 Å². The van der Waals surface area contributed by atoms with Gasteiger partial charge in [0.05, 0.1) is 11.4 Å². The number of allylic oxidation sites excluding steroid dienone is 3. The van der Waals surface area contributed by atoms with E-state index in [1.165, 1.54) is 91.5 Å². The van der Waals surface area contributed by atoms with E-state index >= 15 is 0 Å². The molecular formula is C52H39NS. The number of aliphatic imine (C=N–C) groups is 1. The molecule has 2 heteroatoms.